The summed E-state index contributed by atoms with van der Waals surface area (Å²) in [6.45, 7) is 10.1. The molecule has 0 atom stereocenters. The van der Waals surface area contributed by atoms with Crippen molar-refractivity contribution in [2.75, 3.05) is 24.6 Å². The zero-order valence-electron chi connectivity index (χ0n) is 13.2. The summed E-state index contributed by atoms with van der Waals surface area (Å²) in [5, 5.41) is 0. The molecule has 1 aromatic carbocycles. The first-order valence-electron chi connectivity index (χ1n) is 8.28. The number of hydrogen-bond donors (Lipinski definition) is 0. The van der Waals surface area contributed by atoms with Crippen molar-refractivity contribution in [2.24, 2.45) is 0 Å². The second-order valence-corrected chi connectivity index (χ2v) is 6.48. The molecule has 0 saturated carbocycles. The Balaban J connectivity index is 2.13. The zero-order valence-corrected chi connectivity index (χ0v) is 13.2. The van der Waals surface area contributed by atoms with Crippen molar-refractivity contribution in [2.45, 2.75) is 58.8 Å². The van der Waals surface area contributed by atoms with Gasteiger partial charge in [-0.3, -0.25) is 0 Å². The van der Waals surface area contributed by atoms with Gasteiger partial charge in [0, 0.05) is 24.3 Å². The lowest BCUT2D eigenvalue weighted by Gasteiger charge is -2.38. The van der Waals surface area contributed by atoms with Crippen LogP contribution in [0.15, 0.2) is 6.07 Å². The van der Waals surface area contributed by atoms with E-state index >= 15 is 0 Å². The second-order valence-electron chi connectivity index (χ2n) is 6.48. The Bertz CT molecular complexity index is 491. The molecule has 20 heavy (non-hydrogen) atoms. The molecule has 2 heteroatoms. The predicted octanol–water partition coefficient (Wildman–Crippen LogP) is 4.30. The minimum atomic E-state index is 0.542. The van der Waals surface area contributed by atoms with Gasteiger partial charge >= 0.3 is 0 Å². The van der Waals surface area contributed by atoms with E-state index < -0.39 is 0 Å². The van der Waals surface area contributed by atoms with E-state index in [9.17, 15) is 0 Å². The molecule has 0 radical (unpaired) electrons. The zero-order chi connectivity index (χ0) is 14.1. The number of hydrogen-bond acceptors (Lipinski definition) is 2. The van der Waals surface area contributed by atoms with Crippen LogP contribution in [0.5, 0.6) is 5.75 Å². The van der Waals surface area contributed by atoms with Crippen LogP contribution in [0.2, 0.25) is 0 Å². The van der Waals surface area contributed by atoms with Gasteiger partial charge in [0.05, 0.1) is 6.61 Å². The average molecular weight is 273 g/mol. The van der Waals surface area contributed by atoms with Crippen LogP contribution >= 0.6 is 0 Å². The minimum absolute atomic E-state index is 0.542. The van der Waals surface area contributed by atoms with Gasteiger partial charge in [-0.05, 0) is 55.2 Å². The molecule has 1 aromatic rings. The lowest BCUT2D eigenvalue weighted by atomic mass is 9.86. The van der Waals surface area contributed by atoms with E-state index in [1.807, 2.05) is 0 Å². The monoisotopic (exact) mass is 273 g/mol. The first-order valence-corrected chi connectivity index (χ1v) is 8.28. The normalized spacial score (nSPS) is 17.3. The van der Waals surface area contributed by atoms with Gasteiger partial charge in [0.2, 0.25) is 0 Å². The summed E-state index contributed by atoms with van der Waals surface area (Å²) in [5.41, 5.74) is 6.03. The highest BCUT2D eigenvalue weighted by Crippen LogP contribution is 2.44. The number of aryl methyl sites for hydroxylation is 1. The molecule has 0 N–H and O–H groups in total. The highest BCUT2D eigenvalue weighted by atomic mass is 16.5. The third-order valence-corrected chi connectivity index (χ3v) is 4.57. The van der Waals surface area contributed by atoms with Gasteiger partial charge in [0.25, 0.3) is 0 Å². The summed E-state index contributed by atoms with van der Waals surface area (Å²) in [4.78, 5) is 2.60. The highest BCUT2D eigenvalue weighted by Gasteiger charge is 2.28. The maximum absolute atomic E-state index is 6.19. The van der Waals surface area contributed by atoms with Crippen molar-refractivity contribution in [3.8, 4) is 5.75 Å². The fraction of sp³-hybridized carbons (Fsp3) is 0.667. The third-order valence-electron chi connectivity index (χ3n) is 4.57. The minimum Gasteiger partial charge on any atom is -0.493 e. The van der Waals surface area contributed by atoms with Gasteiger partial charge in [0.1, 0.15) is 5.75 Å². The molecule has 3 rings (SSSR count). The Morgan fingerprint density at radius 3 is 2.65 bits per heavy atom. The summed E-state index contributed by atoms with van der Waals surface area (Å²) in [5.74, 6) is 1.76. The molecule has 0 aromatic heterocycles. The van der Waals surface area contributed by atoms with Crippen LogP contribution in [0.4, 0.5) is 5.69 Å². The Hall–Kier alpha value is -1.18. The second kappa shape index (κ2) is 5.67. The van der Waals surface area contributed by atoms with E-state index in [0.29, 0.717) is 5.92 Å². The molecular formula is C18H27NO. The van der Waals surface area contributed by atoms with Gasteiger partial charge in [-0.1, -0.05) is 20.8 Å². The lowest BCUT2D eigenvalue weighted by molar-refractivity contribution is 0.308. The van der Waals surface area contributed by atoms with Crippen LogP contribution < -0.4 is 9.64 Å². The van der Waals surface area contributed by atoms with Crippen molar-refractivity contribution < 1.29 is 4.74 Å². The molecule has 0 spiro atoms. The van der Waals surface area contributed by atoms with E-state index in [-0.39, 0.29) is 0 Å². The molecule has 0 amide bonds. The summed E-state index contributed by atoms with van der Waals surface area (Å²) < 4.78 is 6.19. The first-order chi connectivity index (χ1) is 9.72. The van der Waals surface area contributed by atoms with Crippen LogP contribution in [0.3, 0.4) is 0 Å². The number of anilines is 1. The van der Waals surface area contributed by atoms with Crippen molar-refractivity contribution in [3.05, 3.63) is 22.8 Å². The molecule has 0 fully saturated rings. The Morgan fingerprint density at radius 2 is 1.95 bits per heavy atom. The molecule has 2 heterocycles. The molecule has 0 bridgehead atoms. The van der Waals surface area contributed by atoms with E-state index in [4.69, 9.17) is 4.74 Å². The molecule has 0 aliphatic carbocycles. The van der Waals surface area contributed by atoms with Crippen LogP contribution in [-0.2, 0) is 12.8 Å². The third kappa shape index (κ3) is 2.30. The largest absolute Gasteiger partial charge is 0.493 e. The molecule has 2 aliphatic heterocycles. The van der Waals surface area contributed by atoms with Crippen LogP contribution in [0.1, 0.15) is 62.6 Å². The van der Waals surface area contributed by atoms with E-state index in [1.165, 1.54) is 61.3 Å². The fourth-order valence-electron chi connectivity index (χ4n) is 3.66. The Morgan fingerprint density at radius 1 is 1.20 bits per heavy atom. The van der Waals surface area contributed by atoms with E-state index in [2.05, 4.69) is 31.7 Å². The quantitative estimate of drug-likeness (QED) is 0.811. The summed E-state index contributed by atoms with van der Waals surface area (Å²) >= 11 is 0. The van der Waals surface area contributed by atoms with Crippen molar-refractivity contribution in [1.82, 2.24) is 0 Å². The maximum atomic E-state index is 6.19. The van der Waals surface area contributed by atoms with Crippen molar-refractivity contribution in [1.29, 1.82) is 0 Å². The molecule has 2 nitrogen and oxygen atoms in total. The standard InChI is InChI=1S/C18H27NO/c1-4-11-20-18-15-8-6-10-19-9-5-7-14(17(15)19)12-16(18)13(2)3/h12-13H,4-11H2,1-3H3. The Kier molecular flexibility index (Phi) is 3.91. The lowest BCUT2D eigenvalue weighted by Crippen LogP contribution is -2.35. The summed E-state index contributed by atoms with van der Waals surface area (Å²) in [7, 11) is 0. The SMILES string of the molecule is CCCOc1c(C(C)C)cc2c3c1CCCN3CCC2. The number of nitrogens with zero attached hydrogens (tertiary/aromatic N) is 1. The topological polar surface area (TPSA) is 12.5 Å². The van der Waals surface area contributed by atoms with Crippen LogP contribution in [-0.4, -0.2) is 19.7 Å². The van der Waals surface area contributed by atoms with Gasteiger partial charge in [-0.2, -0.15) is 0 Å². The van der Waals surface area contributed by atoms with E-state index in [1.54, 1.807) is 5.56 Å². The van der Waals surface area contributed by atoms with Gasteiger partial charge in [0.15, 0.2) is 0 Å². The fourth-order valence-corrected chi connectivity index (χ4v) is 3.66. The predicted molar refractivity (Wildman–Crippen MR) is 85.2 cm³/mol. The summed E-state index contributed by atoms with van der Waals surface area (Å²) in [6, 6.07) is 2.44. The van der Waals surface area contributed by atoms with Gasteiger partial charge in [-0.25, -0.2) is 0 Å². The molecule has 0 unspecified atom stereocenters. The van der Waals surface area contributed by atoms with Gasteiger partial charge < -0.3 is 9.64 Å². The molecular weight excluding hydrogens is 246 g/mol. The molecule has 2 aliphatic rings. The first kappa shape index (κ1) is 13.8. The molecule has 110 valence electrons. The maximum Gasteiger partial charge on any atom is 0.128 e. The molecule has 0 saturated heterocycles. The number of ether oxygens (including phenoxy) is 1. The van der Waals surface area contributed by atoms with E-state index in [0.717, 1.165) is 13.0 Å². The number of rotatable bonds is 4. The Labute approximate surface area is 123 Å². The number of benzene rings is 1. The smallest absolute Gasteiger partial charge is 0.128 e. The summed E-state index contributed by atoms with van der Waals surface area (Å²) in [6.07, 6.45) is 6.10. The van der Waals surface area contributed by atoms with Crippen molar-refractivity contribution >= 4 is 5.69 Å². The van der Waals surface area contributed by atoms with Crippen LogP contribution in [0.25, 0.3) is 0 Å². The van der Waals surface area contributed by atoms with Crippen molar-refractivity contribution in [3.63, 3.8) is 0 Å². The van der Waals surface area contributed by atoms with Crippen LogP contribution in [0, 0.1) is 0 Å². The highest BCUT2D eigenvalue weighted by molar-refractivity contribution is 5.69. The average Bonchev–Trinajstić information content (AvgIpc) is 2.46. The van der Waals surface area contributed by atoms with Gasteiger partial charge in [-0.15, -0.1) is 0 Å².